The van der Waals surface area contributed by atoms with Crippen LogP contribution in [0.3, 0.4) is 0 Å². The van der Waals surface area contributed by atoms with Crippen molar-refractivity contribution in [2.24, 2.45) is 5.92 Å². The van der Waals surface area contributed by atoms with Gasteiger partial charge in [0.15, 0.2) is 0 Å². The molecule has 0 radical (unpaired) electrons. The molecule has 0 saturated heterocycles. The lowest BCUT2D eigenvalue weighted by atomic mass is 10.1. The van der Waals surface area contributed by atoms with Crippen molar-refractivity contribution >= 4 is 27.5 Å². The van der Waals surface area contributed by atoms with E-state index in [9.17, 15) is 13.5 Å². The van der Waals surface area contributed by atoms with Crippen LogP contribution < -0.4 is 10.5 Å². The first-order valence-electron chi connectivity index (χ1n) is 7.09. The highest BCUT2D eigenvalue weighted by atomic mass is 32.2. The van der Waals surface area contributed by atoms with Gasteiger partial charge in [-0.15, -0.1) is 11.8 Å². The highest BCUT2D eigenvalue weighted by molar-refractivity contribution is 8.00. The van der Waals surface area contributed by atoms with Crippen molar-refractivity contribution in [2.45, 2.75) is 30.3 Å². The second kappa shape index (κ2) is 7.49. The maximum atomic E-state index is 11.9. The maximum Gasteiger partial charge on any atom is 0.212 e. The lowest BCUT2D eigenvalue weighted by Crippen LogP contribution is -2.31. The normalized spacial score (nSPS) is 22.5. The van der Waals surface area contributed by atoms with E-state index in [-0.39, 0.29) is 17.8 Å². The fourth-order valence-corrected chi connectivity index (χ4v) is 4.90. The molecular weight excluding hydrogens is 308 g/mol. The Morgan fingerprint density at radius 3 is 2.76 bits per heavy atom. The zero-order valence-electron chi connectivity index (χ0n) is 11.9. The van der Waals surface area contributed by atoms with E-state index < -0.39 is 10.0 Å². The van der Waals surface area contributed by atoms with Crippen LogP contribution in [0.4, 0.5) is 5.69 Å². The molecule has 0 heterocycles. The molecule has 2 unspecified atom stereocenters. The van der Waals surface area contributed by atoms with E-state index in [4.69, 9.17) is 5.73 Å². The Kier molecular flexibility index (Phi) is 5.92. The lowest BCUT2D eigenvalue weighted by Gasteiger charge is -2.11. The summed E-state index contributed by atoms with van der Waals surface area (Å²) in [5, 5.41) is 9.43. The molecule has 1 aliphatic rings. The largest absolute Gasteiger partial charge is 0.398 e. The number of nitrogens with one attached hydrogen (secondary N) is 1. The predicted molar refractivity (Wildman–Crippen MR) is 86.7 cm³/mol. The summed E-state index contributed by atoms with van der Waals surface area (Å²) in [6.45, 7) is 0.428. The first kappa shape index (κ1) is 16.6. The van der Waals surface area contributed by atoms with Gasteiger partial charge >= 0.3 is 0 Å². The van der Waals surface area contributed by atoms with Gasteiger partial charge in [-0.1, -0.05) is 12.1 Å². The molecule has 1 aliphatic carbocycles. The molecule has 118 valence electrons. The van der Waals surface area contributed by atoms with Crippen molar-refractivity contribution in [2.75, 3.05) is 23.8 Å². The van der Waals surface area contributed by atoms with E-state index in [1.165, 1.54) is 11.8 Å². The Hall–Kier alpha value is -0.760. The van der Waals surface area contributed by atoms with Crippen LogP contribution >= 0.6 is 11.8 Å². The molecule has 1 fully saturated rings. The number of hydrogen-bond acceptors (Lipinski definition) is 5. The molecule has 4 N–H and O–H groups in total. The Morgan fingerprint density at radius 2 is 2.10 bits per heavy atom. The van der Waals surface area contributed by atoms with Crippen LogP contribution in [0.15, 0.2) is 29.2 Å². The fourth-order valence-electron chi connectivity index (χ4n) is 2.42. The van der Waals surface area contributed by atoms with Crippen LogP contribution in [0.2, 0.25) is 0 Å². The van der Waals surface area contributed by atoms with E-state index in [1.54, 1.807) is 6.07 Å². The Balaban J connectivity index is 1.73. The van der Waals surface area contributed by atoms with E-state index in [0.29, 0.717) is 24.4 Å². The van der Waals surface area contributed by atoms with Gasteiger partial charge in [0.2, 0.25) is 10.0 Å². The molecule has 5 nitrogen and oxygen atoms in total. The van der Waals surface area contributed by atoms with E-state index in [0.717, 1.165) is 17.7 Å². The summed E-state index contributed by atoms with van der Waals surface area (Å²) in [5.74, 6) is 0.796. The summed E-state index contributed by atoms with van der Waals surface area (Å²) in [6, 6.07) is 7.44. The standard InChI is InChI=1S/C14H22N2O3S2/c15-13-3-1-2-4-14(13)20-7-8-21(18,19)16-10-11-5-6-12(17)9-11/h1-4,11-12,16-17H,5-10,15H2. The van der Waals surface area contributed by atoms with Gasteiger partial charge in [0.05, 0.1) is 11.9 Å². The van der Waals surface area contributed by atoms with Crippen molar-refractivity contribution < 1.29 is 13.5 Å². The minimum absolute atomic E-state index is 0.0707. The number of nitrogens with two attached hydrogens (primary N) is 1. The average Bonchev–Trinajstić information content (AvgIpc) is 2.85. The summed E-state index contributed by atoms with van der Waals surface area (Å²) in [5.41, 5.74) is 6.49. The third kappa shape index (κ3) is 5.50. The van der Waals surface area contributed by atoms with Crippen LogP contribution in [0, 0.1) is 5.92 Å². The number of rotatable bonds is 7. The van der Waals surface area contributed by atoms with Gasteiger partial charge in [0.25, 0.3) is 0 Å². The maximum absolute atomic E-state index is 11.9. The monoisotopic (exact) mass is 330 g/mol. The number of benzene rings is 1. The van der Waals surface area contributed by atoms with Gasteiger partial charge in [0.1, 0.15) is 0 Å². The molecule has 0 bridgehead atoms. The van der Waals surface area contributed by atoms with Gasteiger partial charge in [-0.3, -0.25) is 0 Å². The van der Waals surface area contributed by atoms with Gasteiger partial charge in [0, 0.05) is 22.9 Å². The average molecular weight is 330 g/mol. The fraction of sp³-hybridized carbons (Fsp3) is 0.571. The predicted octanol–water partition coefficient (Wildman–Crippen LogP) is 1.44. The van der Waals surface area contributed by atoms with Crippen molar-refractivity contribution in [3.8, 4) is 0 Å². The van der Waals surface area contributed by atoms with Crippen LogP contribution in [-0.4, -0.2) is 37.7 Å². The van der Waals surface area contributed by atoms with E-state index in [2.05, 4.69) is 4.72 Å². The highest BCUT2D eigenvalue weighted by Crippen LogP contribution is 2.25. The summed E-state index contributed by atoms with van der Waals surface area (Å²) in [6.07, 6.45) is 2.09. The molecule has 1 aromatic carbocycles. The van der Waals surface area contributed by atoms with Crippen molar-refractivity contribution in [1.82, 2.24) is 4.72 Å². The molecule has 0 amide bonds. The number of thioether (sulfide) groups is 1. The zero-order valence-corrected chi connectivity index (χ0v) is 13.5. The Labute approximate surface area is 130 Å². The molecule has 2 rings (SSSR count). The van der Waals surface area contributed by atoms with Crippen molar-refractivity contribution in [1.29, 1.82) is 0 Å². The smallest absolute Gasteiger partial charge is 0.212 e. The summed E-state index contributed by atoms with van der Waals surface area (Å²) < 4.78 is 26.5. The van der Waals surface area contributed by atoms with Crippen molar-refractivity contribution in [3.63, 3.8) is 0 Å². The highest BCUT2D eigenvalue weighted by Gasteiger charge is 2.24. The molecule has 0 spiro atoms. The van der Waals surface area contributed by atoms with E-state index >= 15 is 0 Å². The van der Waals surface area contributed by atoms with Gasteiger partial charge < -0.3 is 10.8 Å². The number of aliphatic hydroxyl groups is 1. The lowest BCUT2D eigenvalue weighted by molar-refractivity contribution is 0.178. The number of aliphatic hydroxyl groups excluding tert-OH is 1. The van der Waals surface area contributed by atoms with E-state index in [1.807, 2.05) is 18.2 Å². The summed E-state index contributed by atoms with van der Waals surface area (Å²) >= 11 is 1.45. The van der Waals surface area contributed by atoms with Crippen LogP contribution in [0.1, 0.15) is 19.3 Å². The molecule has 1 aromatic rings. The number of nitrogen functional groups attached to an aromatic ring is 1. The molecule has 21 heavy (non-hydrogen) atoms. The van der Waals surface area contributed by atoms with Gasteiger partial charge in [-0.25, -0.2) is 13.1 Å². The van der Waals surface area contributed by atoms with Crippen molar-refractivity contribution in [3.05, 3.63) is 24.3 Å². The van der Waals surface area contributed by atoms with Crippen LogP contribution in [-0.2, 0) is 10.0 Å². The minimum Gasteiger partial charge on any atom is -0.398 e. The molecule has 0 aliphatic heterocycles. The summed E-state index contributed by atoms with van der Waals surface area (Å²) in [4.78, 5) is 0.909. The topological polar surface area (TPSA) is 92.4 Å². The number of anilines is 1. The second-order valence-corrected chi connectivity index (χ2v) is 8.45. The minimum atomic E-state index is -3.26. The van der Waals surface area contributed by atoms with Gasteiger partial charge in [-0.2, -0.15) is 0 Å². The SMILES string of the molecule is Nc1ccccc1SCCS(=O)(=O)NCC1CCC(O)C1. The Morgan fingerprint density at radius 1 is 1.33 bits per heavy atom. The Bertz CT molecular complexity index is 563. The first-order chi connectivity index (χ1) is 9.96. The molecular formula is C14H22N2O3S2. The van der Waals surface area contributed by atoms with Gasteiger partial charge in [-0.05, 0) is 37.3 Å². The second-order valence-electron chi connectivity index (χ2n) is 5.39. The summed E-state index contributed by atoms with van der Waals surface area (Å²) in [7, 11) is -3.26. The number of para-hydroxylation sites is 1. The first-order valence-corrected chi connectivity index (χ1v) is 9.73. The quantitative estimate of drug-likeness (QED) is 0.520. The third-order valence-electron chi connectivity index (χ3n) is 3.63. The number of sulfonamides is 1. The third-order valence-corrected chi connectivity index (χ3v) is 6.33. The van der Waals surface area contributed by atoms with Crippen LogP contribution in [0.25, 0.3) is 0 Å². The molecule has 7 heteroatoms. The molecule has 2 atom stereocenters. The molecule has 1 saturated carbocycles. The number of hydrogen-bond donors (Lipinski definition) is 3. The zero-order chi connectivity index (χ0) is 15.3. The van der Waals surface area contributed by atoms with Crippen LogP contribution in [0.5, 0.6) is 0 Å². The molecule has 0 aromatic heterocycles.